The van der Waals surface area contributed by atoms with Gasteiger partial charge in [-0.3, -0.25) is 4.79 Å². The molecular formula is C15H16N6O2S. The van der Waals surface area contributed by atoms with Gasteiger partial charge in [-0.05, 0) is 25.0 Å². The first-order valence-electron chi connectivity index (χ1n) is 7.69. The predicted octanol–water partition coefficient (Wildman–Crippen LogP) is 1.70. The molecule has 124 valence electrons. The summed E-state index contributed by atoms with van der Waals surface area (Å²) in [6.07, 6.45) is 6.10. The Morgan fingerprint density at radius 3 is 3.21 bits per heavy atom. The maximum Gasteiger partial charge on any atom is 0.245 e. The third kappa shape index (κ3) is 2.61. The van der Waals surface area contributed by atoms with Gasteiger partial charge >= 0.3 is 0 Å². The van der Waals surface area contributed by atoms with Crippen molar-refractivity contribution in [2.45, 2.75) is 18.9 Å². The molecule has 0 amide bonds. The van der Waals surface area contributed by atoms with Crippen LogP contribution < -0.4 is 10.2 Å². The van der Waals surface area contributed by atoms with E-state index in [0.717, 1.165) is 31.2 Å². The zero-order valence-corrected chi connectivity index (χ0v) is 13.6. The van der Waals surface area contributed by atoms with Gasteiger partial charge in [-0.15, -0.1) is 5.10 Å². The first-order valence-corrected chi connectivity index (χ1v) is 8.51. The molecule has 8 nitrogen and oxygen atoms in total. The molecule has 4 heterocycles. The van der Waals surface area contributed by atoms with Crippen molar-refractivity contribution in [3.05, 3.63) is 29.4 Å². The van der Waals surface area contributed by atoms with Crippen molar-refractivity contribution in [2.24, 2.45) is 0 Å². The van der Waals surface area contributed by atoms with Crippen molar-refractivity contribution in [3.63, 3.8) is 0 Å². The Bertz CT molecular complexity index is 876. The highest BCUT2D eigenvalue weighted by Crippen LogP contribution is 2.27. The van der Waals surface area contributed by atoms with Crippen molar-refractivity contribution in [2.75, 3.05) is 23.4 Å². The highest BCUT2D eigenvalue weighted by Gasteiger charge is 2.27. The van der Waals surface area contributed by atoms with Crippen molar-refractivity contribution in [3.8, 4) is 0 Å². The number of aliphatic hydroxyl groups excluding tert-OH is 1. The van der Waals surface area contributed by atoms with Crippen LogP contribution in [0.4, 0.5) is 16.9 Å². The minimum Gasteiger partial charge on any atom is -0.394 e. The van der Waals surface area contributed by atoms with Gasteiger partial charge in [-0.25, -0.2) is 9.50 Å². The number of hydrogen-bond donors (Lipinski definition) is 2. The number of aromatic nitrogens is 4. The lowest BCUT2D eigenvalue weighted by Crippen LogP contribution is -2.34. The standard InChI is InChI=1S/C15H16N6O2S/c22-8-10-3-1-5-20(10)14-17-13(12-4-2-6-21(12)19-14)18-15-16-7-11(9-23)24-15/h2,4,6-7,9-10,22H,1,3,5,8H2,(H,16,17,18,19)/t10-/m0/s1. The summed E-state index contributed by atoms with van der Waals surface area (Å²) in [6, 6.07) is 3.85. The molecule has 4 rings (SSSR count). The summed E-state index contributed by atoms with van der Waals surface area (Å²) in [6.45, 7) is 0.912. The molecule has 0 radical (unpaired) electrons. The van der Waals surface area contributed by atoms with E-state index in [9.17, 15) is 9.90 Å². The minimum absolute atomic E-state index is 0.0485. The molecule has 1 aliphatic heterocycles. The number of aldehydes is 1. The minimum atomic E-state index is 0.0485. The van der Waals surface area contributed by atoms with Gasteiger partial charge in [-0.1, -0.05) is 11.3 Å². The lowest BCUT2D eigenvalue weighted by atomic mass is 10.2. The van der Waals surface area contributed by atoms with Crippen LogP contribution >= 0.6 is 11.3 Å². The molecule has 1 aliphatic rings. The second kappa shape index (κ2) is 6.17. The molecule has 9 heteroatoms. The number of carbonyl (C=O) groups is 1. The van der Waals surface area contributed by atoms with Crippen molar-refractivity contribution in [1.82, 2.24) is 19.6 Å². The lowest BCUT2D eigenvalue weighted by molar-refractivity contribution is 0.112. The molecule has 0 aliphatic carbocycles. The molecule has 0 spiro atoms. The lowest BCUT2D eigenvalue weighted by Gasteiger charge is -2.23. The molecule has 3 aromatic heterocycles. The maximum atomic E-state index is 10.8. The fourth-order valence-corrected chi connectivity index (χ4v) is 3.56. The van der Waals surface area contributed by atoms with E-state index < -0.39 is 0 Å². The Balaban J connectivity index is 1.73. The molecule has 0 bridgehead atoms. The number of nitrogens with one attached hydrogen (secondary N) is 1. The van der Waals surface area contributed by atoms with Crippen LogP contribution in [0.2, 0.25) is 0 Å². The summed E-state index contributed by atoms with van der Waals surface area (Å²) in [5.41, 5.74) is 0.821. The van der Waals surface area contributed by atoms with Gasteiger partial charge in [-0.2, -0.15) is 4.98 Å². The average molecular weight is 344 g/mol. The number of carbonyl (C=O) groups excluding carboxylic acids is 1. The SMILES string of the molecule is O=Cc1cnc(Nc2nc(N3CCC[C@H]3CO)nn3cccc23)s1. The van der Waals surface area contributed by atoms with Crippen LogP contribution in [0.5, 0.6) is 0 Å². The molecule has 3 aromatic rings. The van der Waals surface area contributed by atoms with E-state index in [1.54, 1.807) is 4.52 Å². The molecule has 0 unspecified atom stereocenters. The Morgan fingerprint density at radius 2 is 2.42 bits per heavy atom. The smallest absolute Gasteiger partial charge is 0.245 e. The summed E-state index contributed by atoms with van der Waals surface area (Å²) in [4.78, 5) is 22.2. The largest absolute Gasteiger partial charge is 0.394 e. The van der Waals surface area contributed by atoms with Crippen molar-refractivity contribution in [1.29, 1.82) is 0 Å². The van der Waals surface area contributed by atoms with E-state index in [0.29, 0.717) is 21.8 Å². The van der Waals surface area contributed by atoms with Crippen LogP contribution in [0.3, 0.4) is 0 Å². The number of anilines is 3. The third-order valence-corrected chi connectivity index (χ3v) is 4.93. The number of aliphatic hydroxyl groups is 1. The predicted molar refractivity (Wildman–Crippen MR) is 91.2 cm³/mol. The van der Waals surface area contributed by atoms with E-state index >= 15 is 0 Å². The van der Waals surface area contributed by atoms with E-state index in [-0.39, 0.29) is 12.6 Å². The van der Waals surface area contributed by atoms with E-state index in [4.69, 9.17) is 0 Å². The Morgan fingerprint density at radius 1 is 1.50 bits per heavy atom. The van der Waals surface area contributed by atoms with E-state index in [1.165, 1.54) is 17.5 Å². The van der Waals surface area contributed by atoms with Crippen molar-refractivity contribution < 1.29 is 9.90 Å². The van der Waals surface area contributed by atoms with Crippen LogP contribution in [0.1, 0.15) is 22.5 Å². The molecule has 2 N–H and O–H groups in total. The van der Waals surface area contributed by atoms with Crippen LogP contribution in [-0.2, 0) is 0 Å². The van der Waals surface area contributed by atoms with Crippen LogP contribution in [0.15, 0.2) is 24.5 Å². The molecule has 0 aromatic carbocycles. The van der Waals surface area contributed by atoms with Gasteiger partial charge in [0.25, 0.3) is 0 Å². The van der Waals surface area contributed by atoms with Crippen LogP contribution in [0, 0.1) is 0 Å². The average Bonchev–Trinajstić information content (AvgIpc) is 3.34. The van der Waals surface area contributed by atoms with Gasteiger partial charge in [0, 0.05) is 12.7 Å². The number of nitrogens with zero attached hydrogens (tertiary/aromatic N) is 5. The Kier molecular flexibility index (Phi) is 3.87. The Hall–Kier alpha value is -2.52. The Labute approximate surface area is 141 Å². The molecule has 0 saturated carbocycles. The van der Waals surface area contributed by atoms with Crippen LogP contribution in [-0.4, -0.2) is 50.2 Å². The van der Waals surface area contributed by atoms with E-state index in [2.05, 4.69) is 20.4 Å². The quantitative estimate of drug-likeness (QED) is 0.680. The van der Waals surface area contributed by atoms with Gasteiger partial charge in [0.15, 0.2) is 17.2 Å². The number of thiazole rings is 1. The number of hydrogen-bond acceptors (Lipinski definition) is 8. The van der Waals surface area contributed by atoms with E-state index in [1.807, 2.05) is 23.2 Å². The molecule has 1 atom stereocenters. The number of rotatable bonds is 5. The summed E-state index contributed by atoms with van der Waals surface area (Å²) < 4.78 is 1.76. The maximum absolute atomic E-state index is 10.8. The molecule has 24 heavy (non-hydrogen) atoms. The third-order valence-electron chi connectivity index (χ3n) is 4.09. The summed E-state index contributed by atoms with van der Waals surface area (Å²) in [5.74, 6) is 1.20. The summed E-state index contributed by atoms with van der Waals surface area (Å²) >= 11 is 1.27. The zero-order chi connectivity index (χ0) is 16.5. The van der Waals surface area contributed by atoms with Gasteiger partial charge < -0.3 is 15.3 Å². The molecule has 1 fully saturated rings. The fourth-order valence-electron chi connectivity index (χ4n) is 2.93. The van der Waals surface area contributed by atoms with Crippen LogP contribution in [0.25, 0.3) is 5.52 Å². The molecule has 1 saturated heterocycles. The molecular weight excluding hydrogens is 328 g/mol. The van der Waals surface area contributed by atoms with Gasteiger partial charge in [0.1, 0.15) is 5.52 Å². The first kappa shape index (κ1) is 15.0. The summed E-state index contributed by atoms with van der Waals surface area (Å²) in [7, 11) is 0. The van der Waals surface area contributed by atoms with Gasteiger partial charge in [0.2, 0.25) is 5.95 Å². The first-order chi connectivity index (χ1) is 11.8. The van der Waals surface area contributed by atoms with Crippen molar-refractivity contribution >= 4 is 40.0 Å². The highest BCUT2D eigenvalue weighted by atomic mass is 32.1. The van der Waals surface area contributed by atoms with Gasteiger partial charge in [0.05, 0.1) is 23.7 Å². The topological polar surface area (TPSA) is 95.7 Å². The summed E-state index contributed by atoms with van der Waals surface area (Å²) in [5, 5.41) is 17.9. The normalized spacial score (nSPS) is 17.5. The zero-order valence-electron chi connectivity index (χ0n) is 12.8. The highest BCUT2D eigenvalue weighted by molar-refractivity contribution is 7.17. The second-order valence-corrected chi connectivity index (χ2v) is 6.64. The number of fused-ring (bicyclic) bond motifs is 1. The monoisotopic (exact) mass is 344 g/mol. The second-order valence-electron chi connectivity index (χ2n) is 5.58. The fraction of sp³-hybridized carbons (Fsp3) is 0.333.